The fourth-order valence-electron chi connectivity index (χ4n) is 2.62. The molecule has 1 unspecified atom stereocenters. The molecule has 4 heteroatoms. The van der Waals surface area contributed by atoms with Crippen molar-refractivity contribution in [3.05, 3.63) is 64.0 Å². The van der Waals surface area contributed by atoms with Crippen LogP contribution in [0.1, 0.15) is 28.3 Å². The lowest BCUT2D eigenvalue weighted by Crippen LogP contribution is -2.07. The molecule has 0 saturated carbocycles. The van der Waals surface area contributed by atoms with E-state index in [9.17, 15) is 13.2 Å². The van der Waals surface area contributed by atoms with Crippen molar-refractivity contribution >= 4 is 5.69 Å². The summed E-state index contributed by atoms with van der Waals surface area (Å²) in [4.78, 5) is 0. The van der Waals surface area contributed by atoms with E-state index < -0.39 is 17.5 Å². The van der Waals surface area contributed by atoms with Gasteiger partial charge in [-0.3, -0.25) is 0 Å². The van der Waals surface area contributed by atoms with E-state index in [1.165, 1.54) is 5.56 Å². The van der Waals surface area contributed by atoms with E-state index in [0.717, 1.165) is 28.9 Å². The summed E-state index contributed by atoms with van der Waals surface area (Å²) < 4.78 is 39.6. The Labute approximate surface area is 115 Å². The van der Waals surface area contributed by atoms with Gasteiger partial charge >= 0.3 is 0 Å². The van der Waals surface area contributed by atoms with Crippen molar-refractivity contribution in [2.24, 2.45) is 0 Å². The highest BCUT2D eigenvalue weighted by molar-refractivity contribution is 5.61. The van der Waals surface area contributed by atoms with Crippen LogP contribution in [0.2, 0.25) is 0 Å². The third kappa shape index (κ3) is 2.05. The van der Waals surface area contributed by atoms with E-state index in [2.05, 4.69) is 11.4 Å². The largest absolute Gasteiger partial charge is 0.378 e. The van der Waals surface area contributed by atoms with Crippen LogP contribution in [-0.4, -0.2) is 0 Å². The molecule has 0 radical (unpaired) electrons. The van der Waals surface area contributed by atoms with E-state index >= 15 is 0 Å². The number of halogens is 3. The molecule has 2 aromatic carbocycles. The van der Waals surface area contributed by atoms with Crippen molar-refractivity contribution in [1.29, 1.82) is 0 Å². The SMILES string of the molecule is Cc1cc2c(cc1C)NC(c1cc(F)c(F)c(F)c1)C2. The number of aryl methyl sites for hydroxylation is 2. The lowest BCUT2D eigenvalue weighted by atomic mass is 10.00. The summed E-state index contributed by atoms with van der Waals surface area (Å²) in [6.07, 6.45) is 0.640. The van der Waals surface area contributed by atoms with Gasteiger partial charge in [0.1, 0.15) is 0 Å². The summed E-state index contributed by atoms with van der Waals surface area (Å²) in [5.74, 6) is -3.72. The van der Waals surface area contributed by atoms with Crippen LogP contribution in [0.25, 0.3) is 0 Å². The molecule has 1 atom stereocenters. The highest BCUT2D eigenvalue weighted by atomic mass is 19.2. The topological polar surface area (TPSA) is 12.0 Å². The lowest BCUT2D eigenvalue weighted by Gasteiger charge is -2.12. The molecule has 3 rings (SSSR count). The minimum atomic E-state index is -1.42. The second kappa shape index (κ2) is 4.54. The Morgan fingerprint density at radius 1 is 0.950 bits per heavy atom. The van der Waals surface area contributed by atoms with E-state index in [0.29, 0.717) is 12.0 Å². The number of hydrogen-bond acceptors (Lipinski definition) is 1. The molecular weight excluding hydrogens is 263 g/mol. The predicted octanol–water partition coefficient (Wildman–Crippen LogP) is 4.43. The van der Waals surface area contributed by atoms with Gasteiger partial charge in [-0.15, -0.1) is 0 Å². The first kappa shape index (κ1) is 13.0. The van der Waals surface area contributed by atoms with Gasteiger partial charge in [0, 0.05) is 5.69 Å². The van der Waals surface area contributed by atoms with Gasteiger partial charge in [-0.25, -0.2) is 13.2 Å². The Morgan fingerprint density at radius 3 is 2.20 bits per heavy atom. The van der Waals surface area contributed by atoms with Gasteiger partial charge in [-0.05, 0) is 60.7 Å². The maximum atomic E-state index is 13.3. The third-order valence-corrected chi connectivity index (χ3v) is 3.88. The van der Waals surface area contributed by atoms with Crippen molar-refractivity contribution in [2.75, 3.05) is 5.32 Å². The van der Waals surface area contributed by atoms with Crippen LogP contribution in [0.5, 0.6) is 0 Å². The zero-order valence-corrected chi connectivity index (χ0v) is 11.2. The summed E-state index contributed by atoms with van der Waals surface area (Å²) in [5, 5.41) is 3.24. The highest BCUT2D eigenvalue weighted by Crippen LogP contribution is 2.36. The molecule has 20 heavy (non-hydrogen) atoms. The number of rotatable bonds is 1. The Balaban J connectivity index is 1.96. The van der Waals surface area contributed by atoms with Gasteiger partial charge in [0.25, 0.3) is 0 Å². The van der Waals surface area contributed by atoms with Crippen LogP contribution in [-0.2, 0) is 6.42 Å². The average molecular weight is 277 g/mol. The smallest absolute Gasteiger partial charge is 0.194 e. The minimum absolute atomic E-state index is 0.226. The summed E-state index contributed by atoms with van der Waals surface area (Å²) >= 11 is 0. The van der Waals surface area contributed by atoms with Crippen molar-refractivity contribution in [3.8, 4) is 0 Å². The van der Waals surface area contributed by atoms with E-state index in [1.54, 1.807) is 0 Å². The Hall–Kier alpha value is -1.97. The molecule has 104 valence electrons. The molecule has 1 heterocycles. The maximum absolute atomic E-state index is 13.3. The third-order valence-electron chi connectivity index (χ3n) is 3.88. The van der Waals surface area contributed by atoms with Crippen molar-refractivity contribution < 1.29 is 13.2 Å². The first-order valence-electron chi connectivity index (χ1n) is 6.47. The monoisotopic (exact) mass is 277 g/mol. The first-order valence-corrected chi connectivity index (χ1v) is 6.47. The van der Waals surface area contributed by atoms with Crippen LogP contribution in [0.15, 0.2) is 24.3 Å². The maximum Gasteiger partial charge on any atom is 0.194 e. The molecule has 0 bridgehead atoms. The van der Waals surface area contributed by atoms with Crippen LogP contribution in [0, 0.1) is 31.3 Å². The minimum Gasteiger partial charge on any atom is -0.378 e. The molecule has 0 fully saturated rings. The quantitative estimate of drug-likeness (QED) is 0.760. The number of hydrogen-bond donors (Lipinski definition) is 1. The molecule has 2 aromatic rings. The fourth-order valence-corrected chi connectivity index (χ4v) is 2.62. The van der Waals surface area contributed by atoms with Crippen molar-refractivity contribution in [1.82, 2.24) is 0 Å². The Bertz CT molecular complexity index is 640. The van der Waals surface area contributed by atoms with Crippen LogP contribution in [0.4, 0.5) is 18.9 Å². The van der Waals surface area contributed by atoms with Gasteiger partial charge in [0.2, 0.25) is 0 Å². The van der Waals surface area contributed by atoms with E-state index in [4.69, 9.17) is 0 Å². The van der Waals surface area contributed by atoms with Crippen molar-refractivity contribution in [2.45, 2.75) is 26.3 Å². The summed E-state index contributed by atoms with van der Waals surface area (Å²) in [6, 6.07) is 5.99. The van der Waals surface area contributed by atoms with E-state index in [-0.39, 0.29) is 6.04 Å². The van der Waals surface area contributed by atoms with Gasteiger partial charge < -0.3 is 5.32 Å². The molecule has 1 nitrogen and oxygen atoms in total. The zero-order valence-electron chi connectivity index (χ0n) is 11.2. The molecule has 1 aliphatic rings. The molecule has 0 saturated heterocycles. The Kier molecular flexibility index (Phi) is 2.96. The normalized spacial score (nSPS) is 16.9. The number of fused-ring (bicyclic) bond motifs is 1. The summed E-state index contributed by atoms with van der Waals surface area (Å²) in [6.45, 7) is 4.04. The molecule has 0 amide bonds. The summed E-state index contributed by atoms with van der Waals surface area (Å²) in [5.41, 5.74) is 4.86. The van der Waals surface area contributed by atoms with Gasteiger partial charge in [-0.1, -0.05) is 6.07 Å². The van der Waals surface area contributed by atoms with Gasteiger partial charge in [-0.2, -0.15) is 0 Å². The van der Waals surface area contributed by atoms with Gasteiger partial charge in [0.15, 0.2) is 17.5 Å². The molecule has 1 N–H and O–H groups in total. The number of benzene rings is 2. The van der Waals surface area contributed by atoms with Crippen LogP contribution < -0.4 is 5.32 Å². The molecule has 1 aliphatic heterocycles. The average Bonchev–Trinajstić information content (AvgIpc) is 2.79. The zero-order chi connectivity index (χ0) is 14.4. The van der Waals surface area contributed by atoms with Gasteiger partial charge in [0.05, 0.1) is 6.04 Å². The Morgan fingerprint density at radius 2 is 1.55 bits per heavy atom. The second-order valence-corrected chi connectivity index (χ2v) is 5.29. The first-order chi connectivity index (χ1) is 9.45. The molecule has 0 aromatic heterocycles. The summed E-state index contributed by atoms with van der Waals surface area (Å²) in [7, 11) is 0. The standard InChI is InChI=1S/C16H14F3N/c1-8-3-10-7-15(20-14(10)4-9(8)2)11-5-12(17)16(19)13(18)6-11/h3-6,15,20H,7H2,1-2H3. The van der Waals surface area contributed by atoms with E-state index in [1.807, 2.05) is 19.9 Å². The molecular formula is C16H14F3N. The highest BCUT2D eigenvalue weighted by Gasteiger charge is 2.24. The fraction of sp³-hybridized carbons (Fsp3) is 0.250. The van der Waals surface area contributed by atoms with Crippen molar-refractivity contribution in [3.63, 3.8) is 0 Å². The molecule has 0 spiro atoms. The van der Waals surface area contributed by atoms with Crippen LogP contribution >= 0.6 is 0 Å². The van der Waals surface area contributed by atoms with Crippen LogP contribution in [0.3, 0.4) is 0 Å². The number of anilines is 1. The lowest BCUT2D eigenvalue weighted by molar-refractivity contribution is 0.444. The predicted molar refractivity (Wildman–Crippen MR) is 72.3 cm³/mol. The number of nitrogens with one attached hydrogen (secondary N) is 1. The second-order valence-electron chi connectivity index (χ2n) is 5.29. The molecule has 0 aliphatic carbocycles.